The molecule has 2 aliphatic heterocycles. The van der Waals surface area contributed by atoms with Gasteiger partial charge in [0.2, 0.25) is 0 Å². The normalized spacial score (nSPS) is 22.1. The Morgan fingerprint density at radius 2 is 2.03 bits per heavy atom. The van der Waals surface area contributed by atoms with Crippen LogP contribution in [0, 0.1) is 11.8 Å². The lowest BCUT2D eigenvalue weighted by atomic mass is 10.0. The number of imidazole rings is 1. The Hall–Kier alpha value is -2.55. The van der Waals surface area contributed by atoms with E-state index in [0.717, 1.165) is 70.5 Å². The molecule has 4 aromatic rings. The van der Waals surface area contributed by atoms with E-state index in [1.54, 1.807) is 11.3 Å². The van der Waals surface area contributed by atoms with Gasteiger partial charge in [0.1, 0.15) is 11.3 Å². The van der Waals surface area contributed by atoms with E-state index in [4.69, 9.17) is 15.5 Å². The standard InChI is InChI=1S/C21H22N6OS/c1-26-17(9-27-7-12-10-28-11-13(12)8-27)25-18-19(26)20-15(24-21(18)22)6-16(29-20)14-4-2-3-5-23-14/h2-6,12-13H,7-11H2,1H3,(H2,22,24). The number of nitrogen functional groups attached to an aromatic ring is 1. The van der Waals surface area contributed by atoms with Crippen LogP contribution < -0.4 is 5.73 Å². The summed E-state index contributed by atoms with van der Waals surface area (Å²) in [6, 6.07) is 8.03. The number of pyridine rings is 2. The summed E-state index contributed by atoms with van der Waals surface area (Å²) in [6.07, 6.45) is 1.82. The van der Waals surface area contributed by atoms with E-state index in [1.807, 2.05) is 24.4 Å². The summed E-state index contributed by atoms with van der Waals surface area (Å²) in [4.78, 5) is 17.6. The van der Waals surface area contributed by atoms with Crippen molar-refractivity contribution >= 4 is 38.4 Å². The van der Waals surface area contributed by atoms with Gasteiger partial charge in [-0.15, -0.1) is 11.3 Å². The van der Waals surface area contributed by atoms with Crippen LogP contribution in [-0.2, 0) is 18.3 Å². The van der Waals surface area contributed by atoms with Crippen molar-refractivity contribution in [3.63, 3.8) is 0 Å². The number of nitrogens with two attached hydrogens (primary N) is 1. The summed E-state index contributed by atoms with van der Waals surface area (Å²) in [7, 11) is 2.09. The fourth-order valence-corrected chi connectivity index (χ4v) is 5.84. The fraction of sp³-hybridized carbons (Fsp3) is 0.381. The second kappa shape index (κ2) is 6.48. The Bertz CT molecular complexity index is 1200. The molecule has 2 aliphatic rings. The van der Waals surface area contributed by atoms with Crippen molar-refractivity contribution < 1.29 is 4.74 Å². The number of nitrogens with zero attached hydrogens (tertiary/aromatic N) is 5. The number of aromatic nitrogens is 4. The van der Waals surface area contributed by atoms with Crippen LogP contribution in [0.1, 0.15) is 5.82 Å². The molecule has 2 fully saturated rings. The summed E-state index contributed by atoms with van der Waals surface area (Å²) >= 11 is 1.70. The van der Waals surface area contributed by atoms with Crippen molar-refractivity contribution in [3.05, 3.63) is 36.3 Å². The molecule has 4 aromatic heterocycles. The van der Waals surface area contributed by atoms with E-state index in [9.17, 15) is 0 Å². The first-order valence-corrected chi connectivity index (χ1v) is 10.7. The molecule has 2 saturated heterocycles. The van der Waals surface area contributed by atoms with Crippen LogP contribution in [0.15, 0.2) is 30.5 Å². The SMILES string of the molecule is Cn1c(CN2CC3COCC3C2)nc2c(N)nc3cc(-c4ccccn4)sc3c21. The molecule has 29 heavy (non-hydrogen) atoms. The predicted octanol–water partition coefficient (Wildman–Crippen LogP) is 2.91. The highest BCUT2D eigenvalue weighted by Gasteiger charge is 2.37. The topological polar surface area (TPSA) is 82.1 Å². The first kappa shape index (κ1) is 17.3. The highest BCUT2D eigenvalue weighted by molar-refractivity contribution is 7.23. The first-order valence-electron chi connectivity index (χ1n) is 9.93. The predicted molar refractivity (Wildman–Crippen MR) is 115 cm³/mol. The van der Waals surface area contributed by atoms with Gasteiger partial charge >= 0.3 is 0 Å². The lowest BCUT2D eigenvalue weighted by Crippen LogP contribution is -2.24. The molecule has 0 aromatic carbocycles. The zero-order valence-corrected chi connectivity index (χ0v) is 17.0. The second-order valence-electron chi connectivity index (χ2n) is 8.07. The summed E-state index contributed by atoms with van der Waals surface area (Å²) in [5.74, 6) is 2.86. The lowest BCUT2D eigenvalue weighted by molar-refractivity contribution is 0.152. The van der Waals surface area contributed by atoms with E-state index in [-0.39, 0.29) is 0 Å². The Balaban J connectivity index is 1.42. The van der Waals surface area contributed by atoms with Gasteiger partial charge in [-0.2, -0.15) is 0 Å². The quantitative estimate of drug-likeness (QED) is 0.563. The molecule has 2 N–H and O–H groups in total. The van der Waals surface area contributed by atoms with Crippen LogP contribution >= 0.6 is 11.3 Å². The maximum atomic E-state index is 6.31. The Morgan fingerprint density at radius 1 is 1.21 bits per heavy atom. The fourth-order valence-electron chi connectivity index (χ4n) is 4.69. The molecule has 148 valence electrons. The average Bonchev–Trinajstić information content (AvgIpc) is 3.47. The van der Waals surface area contributed by atoms with Crippen molar-refractivity contribution in [2.45, 2.75) is 6.54 Å². The van der Waals surface area contributed by atoms with Crippen LogP contribution in [0.2, 0.25) is 0 Å². The van der Waals surface area contributed by atoms with Gasteiger partial charge in [-0.25, -0.2) is 9.97 Å². The van der Waals surface area contributed by atoms with Crippen LogP contribution in [0.25, 0.3) is 31.8 Å². The van der Waals surface area contributed by atoms with Crippen LogP contribution in [-0.4, -0.2) is 50.7 Å². The number of hydrogen-bond donors (Lipinski definition) is 1. The van der Waals surface area contributed by atoms with E-state index in [2.05, 4.69) is 32.5 Å². The first-order chi connectivity index (χ1) is 14.2. The highest BCUT2D eigenvalue weighted by atomic mass is 32.1. The Morgan fingerprint density at radius 3 is 2.79 bits per heavy atom. The molecule has 0 amide bonds. The Labute approximate surface area is 172 Å². The molecular weight excluding hydrogens is 384 g/mol. The molecule has 0 radical (unpaired) electrons. The van der Waals surface area contributed by atoms with Gasteiger partial charge in [-0.3, -0.25) is 9.88 Å². The van der Waals surface area contributed by atoms with Gasteiger partial charge in [0.05, 0.1) is 46.1 Å². The smallest absolute Gasteiger partial charge is 0.152 e. The number of likely N-dealkylation sites (tertiary alicyclic amines) is 1. The third-order valence-corrected chi connectivity index (χ3v) is 7.35. The molecule has 0 saturated carbocycles. The molecule has 6 rings (SSSR count). The van der Waals surface area contributed by atoms with Gasteiger partial charge in [-0.1, -0.05) is 6.07 Å². The van der Waals surface area contributed by atoms with Crippen LogP contribution in [0.3, 0.4) is 0 Å². The molecule has 6 heterocycles. The second-order valence-corrected chi connectivity index (χ2v) is 9.13. The van der Waals surface area contributed by atoms with Crippen LogP contribution in [0.4, 0.5) is 5.82 Å². The van der Waals surface area contributed by atoms with Crippen molar-refractivity contribution in [2.75, 3.05) is 32.0 Å². The van der Waals surface area contributed by atoms with Gasteiger partial charge in [0.15, 0.2) is 5.82 Å². The maximum Gasteiger partial charge on any atom is 0.152 e. The minimum absolute atomic E-state index is 0.492. The van der Waals surface area contributed by atoms with Gasteiger partial charge < -0.3 is 15.0 Å². The minimum Gasteiger partial charge on any atom is -0.382 e. The third kappa shape index (κ3) is 2.74. The summed E-state index contributed by atoms with van der Waals surface area (Å²) < 4.78 is 8.92. The van der Waals surface area contributed by atoms with Crippen molar-refractivity contribution in [2.24, 2.45) is 18.9 Å². The molecular formula is C21H22N6OS. The number of thiophene rings is 1. The largest absolute Gasteiger partial charge is 0.382 e. The zero-order chi connectivity index (χ0) is 19.5. The van der Waals surface area contributed by atoms with E-state index >= 15 is 0 Å². The molecule has 2 unspecified atom stereocenters. The average molecular weight is 407 g/mol. The van der Waals surface area contributed by atoms with Crippen molar-refractivity contribution in [1.29, 1.82) is 0 Å². The molecule has 0 spiro atoms. The molecule has 7 nitrogen and oxygen atoms in total. The number of fused-ring (bicyclic) bond motifs is 4. The maximum absolute atomic E-state index is 6.31. The number of ether oxygens (including phenoxy) is 1. The third-order valence-electron chi connectivity index (χ3n) is 6.20. The van der Waals surface area contributed by atoms with Gasteiger partial charge in [0.25, 0.3) is 0 Å². The van der Waals surface area contributed by atoms with E-state index in [1.165, 1.54) is 0 Å². The number of hydrogen-bond acceptors (Lipinski definition) is 7. The molecule has 8 heteroatoms. The van der Waals surface area contributed by atoms with Gasteiger partial charge in [0, 0.05) is 38.2 Å². The zero-order valence-electron chi connectivity index (χ0n) is 16.2. The lowest BCUT2D eigenvalue weighted by Gasteiger charge is -2.16. The minimum atomic E-state index is 0.492. The van der Waals surface area contributed by atoms with E-state index < -0.39 is 0 Å². The number of rotatable bonds is 3. The van der Waals surface area contributed by atoms with Crippen molar-refractivity contribution in [1.82, 2.24) is 24.4 Å². The summed E-state index contributed by atoms with van der Waals surface area (Å²) in [5.41, 5.74) is 10.0. The number of anilines is 1. The highest BCUT2D eigenvalue weighted by Crippen LogP contribution is 2.38. The molecule has 0 aliphatic carbocycles. The summed E-state index contributed by atoms with van der Waals surface area (Å²) in [5, 5.41) is 0. The number of aryl methyl sites for hydroxylation is 1. The summed E-state index contributed by atoms with van der Waals surface area (Å²) in [6.45, 7) is 4.79. The molecule has 0 bridgehead atoms. The van der Waals surface area contributed by atoms with Crippen molar-refractivity contribution in [3.8, 4) is 10.6 Å². The van der Waals surface area contributed by atoms with Gasteiger partial charge in [-0.05, 0) is 18.2 Å². The monoisotopic (exact) mass is 406 g/mol. The van der Waals surface area contributed by atoms with Crippen LogP contribution in [0.5, 0.6) is 0 Å². The Kier molecular flexibility index (Phi) is 3.87. The molecule has 2 atom stereocenters. The van der Waals surface area contributed by atoms with E-state index in [0.29, 0.717) is 17.7 Å².